The average molecular weight is 448 g/mol. The molecule has 0 amide bonds. The van der Waals surface area contributed by atoms with E-state index in [1.54, 1.807) is 43.5 Å². The van der Waals surface area contributed by atoms with Crippen molar-refractivity contribution >= 4 is 11.9 Å². The summed E-state index contributed by atoms with van der Waals surface area (Å²) in [6.45, 7) is 0.380. The average Bonchev–Trinajstić information content (AvgIpc) is 3.16. The first-order valence-corrected chi connectivity index (χ1v) is 10.2. The van der Waals surface area contributed by atoms with Crippen molar-refractivity contribution in [3.63, 3.8) is 0 Å². The molecule has 7 nitrogen and oxygen atoms in total. The Bertz CT molecular complexity index is 1170. The molecule has 0 aliphatic carbocycles. The molecule has 0 fully saturated rings. The molecular weight excluding hydrogens is 424 g/mol. The third-order valence-electron chi connectivity index (χ3n) is 5.19. The minimum atomic E-state index is -0.208. The van der Waals surface area contributed by atoms with Crippen molar-refractivity contribution in [3.8, 4) is 34.5 Å². The predicted molar refractivity (Wildman–Crippen MR) is 123 cm³/mol. The van der Waals surface area contributed by atoms with Crippen LogP contribution in [-0.4, -0.2) is 34.2 Å². The fourth-order valence-electron chi connectivity index (χ4n) is 3.48. The molecule has 0 atom stereocenters. The van der Waals surface area contributed by atoms with Gasteiger partial charge in [-0.3, -0.25) is 4.79 Å². The lowest BCUT2D eigenvalue weighted by Gasteiger charge is -2.13. The first kappa shape index (κ1) is 22.1. The van der Waals surface area contributed by atoms with Gasteiger partial charge in [-0.05, 0) is 53.6 Å². The van der Waals surface area contributed by atoms with Gasteiger partial charge in [0.15, 0.2) is 17.3 Å². The molecule has 3 aromatic carbocycles. The van der Waals surface area contributed by atoms with Crippen molar-refractivity contribution in [2.75, 3.05) is 28.4 Å². The highest BCUT2D eigenvalue weighted by molar-refractivity contribution is 6.14. The van der Waals surface area contributed by atoms with Crippen LogP contribution in [0.4, 0.5) is 0 Å². The standard InChI is InChI=1S/C26H24O7/c1-28-18-7-5-16(6-8-18)15-32-19-9-10-20-21(14-19)33-22(25(20)27)11-17-12-23(29-2)26(31-4)24(13-17)30-3/h5-14H,15H2,1-4H3/b22-11-. The second-order valence-corrected chi connectivity index (χ2v) is 7.19. The van der Waals surface area contributed by atoms with Crippen molar-refractivity contribution in [1.29, 1.82) is 0 Å². The number of allylic oxidation sites excluding steroid dienone is 1. The van der Waals surface area contributed by atoms with E-state index in [9.17, 15) is 4.79 Å². The maximum atomic E-state index is 12.9. The number of ketones is 1. The Balaban J connectivity index is 1.53. The number of hydrogen-bond donors (Lipinski definition) is 0. The van der Waals surface area contributed by atoms with Gasteiger partial charge in [-0.25, -0.2) is 0 Å². The number of hydrogen-bond acceptors (Lipinski definition) is 7. The van der Waals surface area contributed by atoms with E-state index in [1.807, 2.05) is 24.3 Å². The van der Waals surface area contributed by atoms with Gasteiger partial charge >= 0.3 is 0 Å². The van der Waals surface area contributed by atoms with Crippen LogP contribution in [0.5, 0.6) is 34.5 Å². The van der Waals surface area contributed by atoms with Crippen LogP contribution < -0.4 is 28.4 Å². The zero-order valence-electron chi connectivity index (χ0n) is 18.8. The summed E-state index contributed by atoms with van der Waals surface area (Å²) in [5, 5.41) is 0. The van der Waals surface area contributed by atoms with E-state index < -0.39 is 0 Å². The molecule has 1 aliphatic heterocycles. The van der Waals surface area contributed by atoms with Gasteiger partial charge in [0.1, 0.15) is 23.9 Å². The van der Waals surface area contributed by atoms with Gasteiger partial charge in [-0.1, -0.05) is 12.1 Å². The van der Waals surface area contributed by atoms with E-state index in [0.29, 0.717) is 46.5 Å². The van der Waals surface area contributed by atoms with E-state index in [2.05, 4.69) is 0 Å². The second-order valence-electron chi connectivity index (χ2n) is 7.19. The quantitative estimate of drug-likeness (QED) is 0.453. The Morgan fingerprint density at radius 2 is 1.45 bits per heavy atom. The fraction of sp³-hybridized carbons (Fsp3) is 0.192. The van der Waals surface area contributed by atoms with E-state index in [1.165, 1.54) is 21.3 Å². The second kappa shape index (κ2) is 9.56. The molecule has 0 bridgehead atoms. The Hall–Kier alpha value is -4.13. The van der Waals surface area contributed by atoms with Crippen molar-refractivity contribution in [2.45, 2.75) is 6.61 Å². The predicted octanol–water partition coefficient (Wildman–Crippen LogP) is 4.92. The van der Waals surface area contributed by atoms with Crippen LogP contribution in [0.2, 0.25) is 0 Å². The molecule has 0 saturated heterocycles. The Kier molecular flexibility index (Phi) is 6.40. The number of carbonyl (C=O) groups excluding carboxylic acids is 1. The molecule has 1 heterocycles. The topological polar surface area (TPSA) is 72.5 Å². The fourth-order valence-corrected chi connectivity index (χ4v) is 3.48. The number of carbonyl (C=O) groups is 1. The number of methoxy groups -OCH3 is 4. The summed E-state index contributed by atoms with van der Waals surface area (Å²) in [6, 6.07) is 16.3. The lowest BCUT2D eigenvalue weighted by molar-refractivity contribution is 0.101. The lowest BCUT2D eigenvalue weighted by Crippen LogP contribution is -1.99. The maximum absolute atomic E-state index is 12.9. The number of Topliss-reactive ketones (excluding diaryl/α,β-unsaturated/α-hetero) is 1. The minimum absolute atomic E-state index is 0.201. The maximum Gasteiger partial charge on any atom is 0.231 e. The van der Waals surface area contributed by atoms with Crippen molar-refractivity contribution < 1.29 is 33.2 Å². The summed E-state index contributed by atoms with van der Waals surface area (Å²) in [4.78, 5) is 12.9. The van der Waals surface area contributed by atoms with Gasteiger partial charge in [0.2, 0.25) is 11.5 Å². The Labute approximate surface area is 192 Å². The third-order valence-corrected chi connectivity index (χ3v) is 5.19. The number of benzene rings is 3. The molecule has 4 rings (SSSR count). The van der Waals surface area contributed by atoms with Crippen LogP contribution in [-0.2, 0) is 6.61 Å². The Morgan fingerprint density at radius 3 is 2.06 bits per heavy atom. The molecule has 0 saturated carbocycles. The molecule has 1 aliphatic rings. The van der Waals surface area contributed by atoms with Crippen LogP contribution in [0.3, 0.4) is 0 Å². The first-order valence-electron chi connectivity index (χ1n) is 10.2. The molecule has 7 heteroatoms. The molecule has 0 radical (unpaired) electrons. The molecule has 0 aromatic heterocycles. The number of ether oxygens (including phenoxy) is 6. The van der Waals surface area contributed by atoms with E-state index in [0.717, 1.165) is 11.3 Å². The van der Waals surface area contributed by atoms with Crippen molar-refractivity contribution in [1.82, 2.24) is 0 Å². The van der Waals surface area contributed by atoms with E-state index in [-0.39, 0.29) is 11.5 Å². The Morgan fingerprint density at radius 1 is 0.788 bits per heavy atom. The van der Waals surface area contributed by atoms with Crippen molar-refractivity contribution in [2.24, 2.45) is 0 Å². The van der Waals surface area contributed by atoms with Gasteiger partial charge in [0.25, 0.3) is 0 Å². The number of rotatable bonds is 8. The van der Waals surface area contributed by atoms with E-state index in [4.69, 9.17) is 28.4 Å². The third kappa shape index (κ3) is 4.57. The van der Waals surface area contributed by atoms with Gasteiger partial charge in [0, 0.05) is 6.07 Å². The minimum Gasteiger partial charge on any atom is -0.497 e. The van der Waals surface area contributed by atoms with Gasteiger partial charge in [-0.15, -0.1) is 0 Å². The van der Waals surface area contributed by atoms with E-state index >= 15 is 0 Å². The van der Waals surface area contributed by atoms with Crippen LogP contribution >= 0.6 is 0 Å². The summed E-state index contributed by atoms with van der Waals surface area (Å²) >= 11 is 0. The van der Waals surface area contributed by atoms with Gasteiger partial charge < -0.3 is 28.4 Å². The molecule has 0 N–H and O–H groups in total. The lowest BCUT2D eigenvalue weighted by atomic mass is 10.1. The highest BCUT2D eigenvalue weighted by Crippen LogP contribution is 2.40. The highest BCUT2D eigenvalue weighted by atomic mass is 16.5. The molecule has 0 unspecified atom stereocenters. The number of fused-ring (bicyclic) bond motifs is 1. The zero-order chi connectivity index (χ0) is 23.4. The first-order chi connectivity index (χ1) is 16.1. The summed E-state index contributed by atoms with van der Waals surface area (Å²) in [7, 11) is 6.23. The normalized spacial score (nSPS) is 13.3. The summed E-state index contributed by atoms with van der Waals surface area (Å²) in [6.07, 6.45) is 1.64. The zero-order valence-corrected chi connectivity index (χ0v) is 18.8. The highest BCUT2D eigenvalue weighted by Gasteiger charge is 2.28. The van der Waals surface area contributed by atoms with Gasteiger partial charge in [0.05, 0.1) is 34.0 Å². The monoisotopic (exact) mass is 448 g/mol. The molecule has 0 spiro atoms. The largest absolute Gasteiger partial charge is 0.497 e. The SMILES string of the molecule is COc1ccc(COc2ccc3c(c2)O/C(=C\c2cc(OC)c(OC)c(OC)c2)C3=O)cc1. The summed E-state index contributed by atoms with van der Waals surface area (Å²) in [5.74, 6) is 3.28. The summed E-state index contributed by atoms with van der Waals surface area (Å²) in [5.41, 5.74) is 2.15. The molecular formula is C26H24O7. The van der Waals surface area contributed by atoms with Crippen LogP contribution in [0.15, 0.2) is 60.4 Å². The molecule has 170 valence electrons. The van der Waals surface area contributed by atoms with Crippen LogP contribution in [0.1, 0.15) is 21.5 Å². The van der Waals surface area contributed by atoms with Crippen LogP contribution in [0.25, 0.3) is 6.08 Å². The molecule has 33 heavy (non-hydrogen) atoms. The van der Waals surface area contributed by atoms with Gasteiger partial charge in [-0.2, -0.15) is 0 Å². The smallest absolute Gasteiger partial charge is 0.231 e. The van der Waals surface area contributed by atoms with Crippen molar-refractivity contribution in [3.05, 3.63) is 77.0 Å². The molecule has 3 aromatic rings. The summed E-state index contributed by atoms with van der Waals surface area (Å²) < 4.78 is 33.0. The van der Waals surface area contributed by atoms with Crippen LogP contribution in [0, 0.1) is 0 Å².